The molecule has 2 saturated heterocycles. The maximum Gasteiger partial charge on any atom is 0.322 e. The van der Waals surface area contributed by atoms with Crippen molar-refractivity contribution in [3.8, 4) is 0 Å². The highest BCUT2D eigenvalue weighted by molar-refractivity contribution is 6.30. The van der Waals surface area contributed by atoms with E-state index < -0.39 is 0 Å². The molecule has 4 rings (SSSR count). The van der Waals surface area contributed by atoms with E-state index in [9.17, 15) is 14.4 Å². The van der Waals surface area contributed by atoms with Crippen molar-refractivity contribution in [3.63, 3.8) is 0 Å². The van der Waals surface area contributed by atoms with Gasteiger partial charge in [0.2, 0.25) is 12.3 Å². The van der Waals surface area contributed by atoms with Gasteiger partial charge in [0.1, 0.15) is 6.61 Å². The number of ketones is 1. The van der Waals surface area contributed by atoms with Crippen LogP contribution in [0, 0.1) is 0 Å². The molecule has 0 saturated carbocycles. The molecule has 2 aliphatic heterocycles. The number of primary amides is 1. The normalized spacial score (nSPS) is 18.6. The van der Waals surface area contributed by atoms with Crippen LogP contribution in [0.5, 0.6) is 0 Å². The summed E-state index contributed by atoms with van der Waals surface area (Å²) in [6, 6.07) is 6.74. The van der Waals surface area contributed by atoms with Gasteiger partial charge in [0, 0.05) is 36.3 Å². The second kappa shape index (κ2) is 18.1. The molecule has 9 nitrogen and oxygen atoms in total. The van der Waals surface area contributed by atoms with Crippen molar-refractivity contribution in [2.24, 2.45) is 5.73 Å². The van der Waals surface area contributed by atoms with Gasteiger partial charge in [-0.3, -0.25) is 14.4 Å². The lowest BCUT2D eigenvalue weighted by molar-refractivity contribution is -0.142. The molecule has 38 heavy (non-hydrogen) atoms. The Kier molecular flexibility index (Phi) is 15.7. The largest absolute Gasteiger partial charge is 0.372 e. The molecule has 4 amide bonds. The quantitative estimate of drug-likeness (QED) is 0.522. The number of carbonyl (C=O) groups is 4. The number of Topliss-reactive ketones (excluding diaryl/α,β-unsaturated/α-hetero) is 1. The summed E-state index contributed by atoms with van der Waals surface area (Å²) in [6.07, 6.45) is 12.4. The third-order valence-corrected chi connectivity index (χ3v) is 6.30. The Balaban J connectivity index is 0.000000343. The minimum atomic E-state index is -0.216. The zero-order valence-electron chi connectivity index (χ0n) is 21.4. The van der Waals surface area contributed by atoms with Gasteiger partial charge in [-0.1, -0.05) is 56.2 Å². The van der Waals surface area contributed by atoms with Crippen LogP contribution in [0.4, 0.5) is 10.5 Å². The minimum Gasteiger partial charge on any atom is -0.372 e. The number of urea groups is 1. The monoisotopic (exact) mass is 548 g/mol. The molecule has 3 aliphatic rings. The number of nitrogens with two attached hydrogens (primary N) is 1. The van der Waals surface area contributed by atoms with Gasteiger partial charge in [-0.05, 0) is 49.9 Å². The van der Waals surface area contributed by atoms with Crippen LogP contribution in [0.3, 0.4) is 0 Å². The predicted molar refractivity (Wildman–Crippen MR) is 151 cm³/mol. The van der Waals surface area contributed by atoms with E-state index >= 15 is 0 Å². The Morgan fingerprint density at radius 1 is 1.26 bits per heavy atom. The smallest absolute Gasteiger partial charge is 0.322 e. The molecule has 3 N–H and O–H groups in total. The maximum absolute atomic E-state index is 12.2. The van der Waals surface area contributed by atoms with Gasteiger partial charge < -0.3 is 25.6 Å². The van der Waals surface area contributed by atoms with Crippen molar-refractivity contribution in [2.75, 3.05) is 38.2 Å². The van der Waals surface area contributed by atoms with Gasteiger partial charge in [-0.25, -0.2) is 4.79 Å². The van der Waals surface area contributed by atoms with E-state index in [1.165, 1.54) is 12.0 Å². The number of rotatable bonds is 5. The van der Waals surface area contributed by atoms with Crippen molar-refractivity contribution < 1.29 is 23.9 Å². The summed E-state index contributed by atoms with van der Waals surface area (Å²) in [7, 11) is 0. The SMILES string of the molecule is C.CCCC1CC(=O)CN1C(=O)Nc1ccc(Cl)cc1.NC=O.O=C1COCCN1CC1=CC=CCCC1. The van der Waals surface area contributed by atoms with Crippen LogP contribution in [0.15, 0.2) is 48.1 Å². The molecule has 0 radical (unpaired) electrons. The van der Waals surface area contributed by atoms with Crippen molar-refractivity contribution in [2.45, 2.75) is 58.9 Å². The average Bonchev–Trinajstić information content (AvgIpc) is 3.06. The number of halogens is 1. The molecule has 1 aromatic rings. The fourth-order valence-corrected chi connectivity index (χ4v) is 4.36. The number of allylic oxidation sites excluding steroid dienone is 3. The predicted octanol–water partition coefficient (Wildman–Crippen LogP) is 4.56. The summed E-state index contributed by atoms with van der Waals surface area (Å²) >= 11 is 5.79. The third-order valence-electron chi connectivity index (χ3n) is 6.04. The Hall–Kier alpha value is -3.17. The zero-order valence-corrected chi connectivity index (χ0v) is 22.1. The lowest BCUT2D eigenvalue weighted by Crippen LogP contribution is -2.42. The first-order valence-corrected chi connectivity index (χ1v) is 13.0. The number of likely N-dealkylation sites (tertiary alicyclic amines) is 1. The molecule has 1 atom stereocenters. The van der Waals surface area contributed by atoms with E-state index in [0.29, 0.717) is 23.7 Å². The highest BCUT2D eigenvalue weighted by atomic mass is 35.5. The van der Waals surface area contributed by atoms with E-state index in [4.69, 9.17) is 21.1 Å². The topological polar surface area (TPSA) is 122 Å². The number of nitrogens with one attached hydrogen (secondary N) is 1. The standard InChI is InChI=1S/C14H17ClN2O2.C12H17NO2.CH3NO.CH4/c1-2-3-12-8-13(18)9-17(12)14(19)16-11-6-4-10(15)5-7-11;14-12-10-15-8-7-13(12)9-11-5-3-1-2-4-6-11;2-1-3;/h4-7,12H,2-3,8-9H2,1H3,(H,16,19);1,3,5H,2,4,6-10H2;1H,(H2,2,3);1H4. The van der Waals surface area contributed by atoms with Gasteiger partial charge >= 0.3 is 6.03 Å². The molecule has 2 heterocycles. The summed E-state index contributed by atoms with van der Waals surface area (Å²) in [5.41, 5.74) is 6.21. The van der Waals surface area contributed by atoms with Gasteiger partial charge in [0.05, 0.1) is 13.2 Å². The molecular weight excluding hydrogens is 508 g/mol. The number of benzene rings is 1. The van der Waals surface area contributed by atoms with Crippen LogP contribution in [-0.2, 0) is 19.1 Å². The third kappa shape index (κ3) is 11.5. The molecule has 1 aliphatic carbocycles. The average molecular weight is 549 g/mol. The Labute approximate surface area is 231 Å². The number of hydrogen-bond donors (Lipinski definition) is 2. The molecule has 0 bridgehead atoms. The molecule has 10 heteroatoms. The first kappa shape index (κ1) is 32.9. The maximum atomic E-state index is 12.2. The number of ether oxygens (including phenoxy) is 1. The molecule has 0 spiro atoms. The zero-order chi connectivity index (χ0) is 27.0. The van der Waals surface area contributed by atoms with E-state index in [2.05, 4.69) is 36.2 Å². The molecule has 1 unspecified atom stereocenters. The number of amides is 4. The van der Waals surface area contributed by atoms with E-state index in [-0.39, 0.29) is 50.8 Å². The van der Waals surface area contributed by atoms with Crippen molar-refractivity contribution in [1.82, 2.24) is 9.80 Å². The summed E-state index contributed by atoms with van der Waals surface area (Å²) < 4.78 is 5.10. The molecule has 1 aromatic carbocycles. The summed E-state index contributed by atoms with van der Waals surface area (Å²) in [6.45, 7) is 4.71. The summed E-state index contributed by atoms with van der Waals surface area (Å²) in [5.74, 6) is 0.250. The molecule has 210 valence electrons. The first-order chi connectivity index (χ1) is 17.9. The van der Waals surface area contributed by atoms with Gasteiger partial charge in [-0.2, -0.15) is 0 Å². The van der Waals surface area contributed by atoms with Crippen molar-refractivity contribution in [1.29, 1.82) is 0 Å². The molecule has 2 fully saturated rings. The summed E-state index contributed by atoms with van der Waals surface area (Å²) in [4.78, 5) is 47.3. The fourth-order valence-electron chi connectivity index (χ4n) is 4.24. The van der Waals surface area contributed by atoms with Crippen LogP contribution in [-0.4, -0.2) is 72.8 Å². The lowest BCUT2D eigenvalue weighted by Gasteiger charge is -2.27. The van der Waals surface area contributed by atoms with Crippen LogP contribution in [0.25, 0.3) is 0 Å². The van der Waals surface area contributed by atoms with Crippen LogP contribution in [0.2, 0.25) is 5.02 Å². The van der Waals surface area contributed by atoms with Gasteiger partial charge in [0.25, 0.3) is 0 Å². The second-order valence-electron chi connectivity index (χ2n) is 8.90. The fraction of sp³-hybridized carbons (Fsp3) is 0.500. The van der Waals surface area contributed by atoms with Crippen molar-refractivity contribution >= 4 is 41.4 Å². The van der Waals surface area contributed by atoms with Crippen LogP contribution >= 0.6 is 11.6 Å². The Bertz CT molecular complexity index is 964. The Morgan fingerprint density at radius 3 is 2.63 bits per heavy atom. The Morgan fingerprint density at radius 2 is 1.97 bits per heavy atom. The van der Waals surface area contributed by atoms with Gasteiger partial charge in [-0.15, -0.1) is 0 Å². The highest BCUT2D eigenvalue weighted by Crippen LogP contribution is 2.21. The number of hydrogen-bond acceptors (Lipinski definition) is 5. The number of anilines is 1. The summed E-state index contributed by atoms with van der Waals surface area (Å²) in [5, 5.41) is 3.42. The second-order valence-corrected chi connectivity index (χ2v) is 9.34. The number of carbonyl (C=O) groups excluding carboxylic acids is 4. The minimum absolute atomic E-state index is 0. The van der Waals surface area contributed by atoms with Crippen molar-refractivity contribution in [3.05, 3.63) is 53.1 Å². The van der Waals surface area contributed by atoms with E-state index in [1.807, 2.05) is 4.90 Å². The van der Waals surface area contributed by atoms with Crippen LogP contribution < -0.4 is 11.1 Å². The van der Waals surface area contributed by atoms with Gasteiger partial charge in [0.15, 0.2) is 5.78 Å². The highest BCUT2D eigenvalue weighted by Gasteiger charge is 2.33. The van der Waals surface area contributed by atoms with E-state index in [1.54, 1.807) is 29.2 Å². The van der Waals surface area contributed by atoms with E-state index in [0.717, 1.165) is 38.8 Å². The number of morpholine rings is 1. The molecule has 0 aromatic heterocycles. The van der Waals surface area contributed by atoms with Crippen LogP contribution in [0.1, 0.15) is 52.9 Å². The lowest BCUT2D eigenvalue weighted by atomic mass is 10.1. The first-order valence-electron chi connectivity index (χ1n) is 12.6. The number of nitrogens with zero attached hydrogens (tertiary/aromatic N) is 2. The molecular formula is C28H41ClN4O5.